The van der Waals surface area contributed by atoms with E-state index in [1.165, 1.54) is 12.1 Å². The lowest BCUT2D eigenvalue weighted by Gasteiger charge is -2.02. The zero-order valence-electron chi connectivity index (χ0n) is 18.1. The largest absolute Gasteiger partial charge is 0.336 e. The highest BCUT2D eigenvalue weighted by Gasteiger charge is 2.18. The molecule has 8 heteroatoms. The number of rotatable bonds is 4. The maximum atomic E-state index is 13.4. The van der Waals surface area contributed by atoms with Crippen molar-refractivity contribution in [1.82, 2.24) is 34.9 Å². The molecule has 0 radical (unpaired) electrons. The monoisotopic (exact) mass is 437 g/mol. The molecule has 33 heavy (non-hydrogen) atoms. The van der Waals surface area contributed by atoms with Crippen LogP contribution in [0.4, 0.5) is 4.39 Å². The number of aromatic amines is 2. The smallest absolute Gasteiger partial charge is 0.161 e. The second kappa shape index (κ2) is 7.37. The van der Waals surface area contributed by atoms with E-state index in [0.29, 0.717) is 11.5 Å². The molecule has 6 rings (SSSR count). The van der Waals surface area contributed by atoms with Gasteiger partial charge in [0.2, 0.25) is 0 Å². The molecule has 2 N–H and O–H groups in total. The van der Waals surface area contributed by atoms with Crippen LogP contribution in [-0.2, 0) is 13.5 Å². The van der Waals surface area contributed by atoms with Crippen LogP contribution >= 0.6 is 0 Å². The van der Waals surface area contributed by atoms with E-state index in [4.69, 9.17) is 9.97 Å². The number of H-pyrrole nitrogens is 2. The highest BCUT2D eigenvalue weighted by molar-refractivity contribution is 5.96. The van der Waals surface area contributed by atoms with E-state index in [1.807, 2.05) is 48.3 Å². The molecule has 0 fully saturated rings. The molecule has 0 spiro atoms. The summed E-state index contributed by atoms with van der Waals surface area (Å²) in [6.07, 6.45) is 2.81. The molecule has 2 aromatic carbocycles. The van der Waals surface area contributed by atoms with Gasteiger partial charge in [0.15, 0.2) is 11.5 Å². The van der Waals surface area contributed by atoms with Crippen LogP contribution < -0.4 is 0 Å². The van der Waals surface area contributed by atoms with E-state index in [2.05, 4.69) is 27.2 Å². The van der Waals surface area contributed by atoms with E-state index < -0.39 is 0 Å². The van der Waals surface area contributed by atoms with Gasteiger partial charge in [0, 0.05) is 24.4 Å². The van der Waals surface area contributed by atoms with Crippen molar-refractivity contribution in [2.45, 2.75) is 13.3 Å². The molecule has 0 amide bonds. The van der Waals surface area contributed by atoms with Crippen molar-refractivity contribution in [3.63, 3.8) is 0 Å². The molecule has 0 aliphatic carbocycles. The quantitative estimate of drug-likeness (QED) is 0.393. The van der Waals surface area contributed by atoms with Gasteiger partial charge in [-0.25, -0.2) is 14.4 Å². The van der Waals surface area contributed by atoms with Crippen molar-refractivity contribution in [3.8, 4) is 33.9 Å². The Morgan fingerprint density at radius 2 is 1.76 bits per heavy atom. The van der Waals surface area contributed by atoms with Crippen LogP contribution in [0.25, 0.3) is 56.0 Å². The van der Waals surface area contributed by atoms with Crippen LogP contribution in [-0.4, -0.2) is 34.9 Å². The number of aromatic nitrogens is 7. The van der Waals surface area contributed by atoms with Crippen LogP contribution in [0.3, 0.4) is 0 Å². The number of para-hydroxylation sites is 1. The van der Waals surface area contributed by atoms with Crippen molar-refractivity contribution in [3.05, 3.63) is 72.3 Å². The highest BCUT2D eigenvalue weighted by atomic mass is 19.1. The van der Waals surface area contributed by atoms with Crippen LogP contribution in [0.5, 0.6) is 0 Å². The Morgan fingerprint density at radius 3 is 2.58 bits per heavy atom. The maximum absolute atomic E-state index is 13.4. The third-order valence-corrected chi connectivity index (χ3v) is 5.82. The number of hydrogen-bond acceptors (Lipinski definition) is 4. The third kappa shape index (κ3) is 3.18. The number of imidazole rings is 1. The first-order valence-electron chi connectivity index (χ1n) is 10.7. The molecule has 4 aromatic heterocycles. The summed E-state index contributed by atoms with van der Waals surface area (Å²) < 4.78 is 15.2. The Kier molecular flexibility index (Phi) is 4.33. The van der Waals surface area contributed by atoms with Gasteiger partial charge in [0.25, 0.3) is 0 Å². The summed E-state index contributed by atoms with van der Waals surface area (Å²) in [5, 5.41) is 12.1. The molecular formula is C25H20FN7. The summed E-state index contributed by atoms with van der Waals surface area (Å²) in [5.41, 5.74) is 8.57. The second-order valence-corrected chi connectivity index (χ2v) is 7.98. The van der Waals surface area contributed by atoms with Gasteiger partial charge in [-0.3, -0.25) is 9.78 Å². The molecule has 4 heterocycles. The third-order valence-electron chi connectivity index (χ3n) is 5.82. The van der Waals surface area contributed by atoms with Gasteiger partial charge in [-0.05, 0) is 42.3 Å². The minimum Gasteiger partial charge on any atom is -0.336 e. The molecule has 0 aliphatic heterocycles. The Labute approximate surface area is 188 Å². The maximum Gasteiger partial charge on any atom is 0.161 e. The summed E-state index contributed by atoms with van der Waals surface area (Å²) in [6, 6.07) is 16.3. The average molecular weight is 437 g/mol. The van der Waals surface area contributed by atoms with Gasteiger partial charge in [0.1, 0.15) is 11.3 Å². The molecule has 0 saturated carbocycles. The molecular weight excluding hydrogens is 417 g/mol. The van der Waals surface area contributed by atoms with Gasteiger partial charge >= 0.3 is 0 Å². The predicted molar refractivity (Wildman–Crippen MR) is 126 cm³/mol. The zero-order chi connectivity index (χ0) is 22.5. The fourth-order valence-corrected chi connectivity index (χ4v) is 4.23. The Morgan fingerprint density at radius 1 is 0.909 bits per heavy atom. The first kappa shape index (κ1) is 19.4. The highest BCUT2D eigenvalue weighted by Crippen LogP contribution is 2.32. The van der Waals surface area contributed by atoms with Crippen molar-refractivity contribution in [2.75, 3.05) is 0 Å². The van der Waals surface area contributed by atoms with Crippen LogP contribution in [0.1, 0.15) is 12.6 Å². The first-order chi connectivity index (χ1) is 16.1. The minimum atomic E-state index is -0.265. The number of nitrogens with one attached hydrogen (secondary N) is 2. The normalized spacial score (nSPS) is 11.6. The van der Waals surface area contributed by atoms with Gasteiger partial charge in [-0.1, -0.05) is 31.2 Å². The van der Waals surface area contributed by atoms with Gasteiger partial charge in [-0.2, -0.15) is 10.2 Å². The molecule has 7 nitrogen and oxygen atoms in total. The van der Waals surface area contributed by atoms with E-state index >= 15 is 0 Å². The second-order valence-electron chi connectivity index (χ2n) is 7.98. The molecule has 0 atom stereocenters. The summed E-state index contributed by atoms with van der Waals surface area (Å²) in [4.78, 5) is 13.1. The average Bonchev–Trinajstić information content (AvgIpc) is 3.54. The van der Waals surface area contributed by atoms with E-state index in [1.54, 1.807) is 12.1 Å². The van der Waals surface area contributed by atoms with Crippen LogP contribution in [0.2, 0.25) is 0 Å². The molecule has 6 aromatic rings. The lowest BCUT2D eigenvalue weighted by Crippen LogP contribution is -1.90. The fraction of sp³-hybridized carbons (Fsp3) is 0.120. The lowest BCUT2D eigenvalue weighted by atomic mass is 10.0. The fourth-order valence-electron chi connectivity index (χ4n) is 4.23. The van der Waals surface area contributed by atoms with E-state index in [-0.39, 0.29) is 5.82 Å². The number of pyridine rings is 1. The first-order valence-corrected chi connectivity index (χ1v) is 10.7. The lowest BCUT2D eigenvalue weighted by molar-refractivity contribution is 0.628. The number of halogens is 1. The van der Waals surface area contributed by atoms with E-state index in [0.717, 1.165) is 56.6 Å². The van der Waals surface area contributed by atoms with Gasteiger partial charge in [-0.15, -0.1) is 0 Å². The Balaban J connectivity index is 1.50. The minimum absolute atomic E-state index is 0.265. The van der Waals surface area contributed by atoms with Crippen LogP contribution in [0, 0.1) is 5.82 Å². The summed E-state index contributed by atoms with van der Waals surface area (Å²) in [5.74, 6) is 0.357. The van der Waals surface area contributed by atoms with Gasteiger partial charge in [0.05, 0.1) is 27.9 Å². The molecule has 0 saturated heterocycles. The molecule has 0 unspecified atom stereocenters. The van der Waals surface area contributed by atoms with Crippen LogP contribution in [0.15, 0.2) is 60.8 Å². The van der Waals surface area contributed by atoms with Crippen molar-refractivity contribution >= 4 is 22.1 Å². The topological polar surface area (TPSA) is 88.1 Å². The standard InChI is InChI=1S/C25H20FN7/c1-3-18-17(13-33(2)32-18)19-11-12-21-23(27-19)24(31-30-21)25-28-20-6-4-5-16(22(20)29-25)14-7-9-15(26)10-8-14/h4-13H,3H2,1-2H3,(H,28,29)(H,30,31). The number of hydrogen-bond donors (Lipinski definition) is 2. The van der Waals surface area contributed by atoms with Crippen molar-refractivity contribution < 1.29 is 4.39 Å². The molecule has 162 valence electrons. The molecule has 0 aliphatic rings. The Hall–Kier alpha value is -4.33. The zero-order valence-corrected chi connectivity index (χ0v) is 18.1. The SMILES string of the molecule is CCc1nn(C)cc1-c1ccc2[nH]nc(-c3nc4c(-c5ccc(F)cc5)cccc4[nH]3)c2n1. The van der Waals surface area contributed by atoms with Crippen molar-refractivity contribution in [1.29, 1.82) is 0 Å². The number of nitrogens with zero attached hydrogens (tertiary/aromatic N) is 5. The number of fused-ring (bicyclic) bond motifs is 2. The summed E-state index contributed by atoms with van der Waals surface area (Å²) in [6.45, 7) is 2.08. The van der Waals surface area contributed by atoms with Crippen molar-refractivity contribution in [2.24, 2.45) is 7.05 Å². The Bertz CT molecular complexity index is 1620. The van der Waals surface area contributed by atoms with E-state index in [9.17, 15) is 4.39 Å². The summed E-state index contributed by atoms with van der Waals surface area (Å²) >= 11 is 0. The molecule has 0 bridgehead atoms. The number of benzene rings is 2. The predicted octanol–water partition coefficient (Wildman–Crippen LogP) is 5.27. The number of aryl methyl sites for hydroxylation is 2. The summed E-state index contributed by atoms with van der Waals surface area (Å²) in [7, 11) is 1.91. The van der Waals surface area contributed by atoms with Gasteiger partial charge < -0.3 is 4.98 Å².